The van der Waals surface area contributed by atoms with E-state index in [1.807, 2.05) is 36.7 Å². The molecule has 0 bridgehead atoms. The Morgan fingerprint density at radius 2 is 1.85 bits per heavy atom. The summed E-state index contributed by atoms with van der Waals surface area (Å²) in [5.74, 6) is 1.57. The predicted molar refractivity (Wildman–Crippen MR) is 193 cm³/mol. The minimum Gasteiger partial charge on any atom is -0.507 e. The molecule has 1 aliphatic rings. The number of benzene rings is 3. The van der Waals surface area contributed by atoms with Gasteiger partial charge in [-0.2, -0.15) is 0 Å². The molecule has 0 radical (unpaired) electrons. The number of ether oxygens (including phenoxy) is 1. The largest absolute Gasteiger partial charge is 0.507 e. The van der Waals surface area contributed by atoms with Crippen molar-refractivity contribution >= 4 is 28.1 Å². The number of phenols is 1. The molecule has 1 saturated heterocycles. The molecule has 3 aromatic heterocycles. The number of hydrogen-bond donors (Lipinski definition) is 4. The highest BCUT2D eigenvalue weighted by molar-refractivity contribution is 7.13. The Balaban J connectivity index is 0.857. The van der Waals surface area contributed by atoms with E-state index in [0.29, 0.717) is 30.3 Å². The molecule has 4 heterocycles. The summed E-state index contributed by atoms with van der Waals surface area (Å²) >= 11 is 1.66. The van der Waals surface area contributed by atoms with Gasteiger partial charge in [0.15, 0.2) is 5.65 Å². The quantitative estimate of drug-likeness (QED) is 0.0997. The number of phenolic OH excluding ortho intramolecular Hbond substituents is 1. The van der Waals surface area contributed by atoms with Crippen LogP contribution < -0.4 is 15.8 Å². The van der Waals surface area contributed by atoms with Crippen LogP contribution in [-0.4, -0.2) is 56.4 Å². The van der Waals surface area contributed by atoms with Crippen LogP contribution >= 0.6 is 11.3 Å². The fraction of sp³-hybridized carbons (Fsp3) is 0.289. The maximum atomic E-state index is 10.2. The molecule has 10 heteroatoms. The molecule has 1 fully saturated rings. The van der Waals surface area contributed by atoms with Gasteiger partial charge in [0.2, 0.25) is 0 Å². The Bertz CT molecular complexity index is 1980. The average Bonchev–Trinajstić information content (AvgIpc) is 3.75. The summed E-state index contributed by atoms with van der Waals surface area (Å²) in [6, 6.07) is 26.4. The summed E-state index contributed by atoms with van der Waals surface area (Å²) in [7, 11) is 0. The number of hydrogen-bond acceptors (Lipinski definition) is 9. The standard InChI is InChI=1S/C38H41N7O2S/c1-25-37(48-24-41-25)28-9-10-29(22-39)33(19-28)40-15-4-18-47-31-11-7-26(8-12-31)23-45-16-13-27(14-17-45)34-20-30-21-35(43-44-38(30)42-34)32-5-2-3-6-36(32)46/h2-3,5-12,19-21,24,27,40,46H,4,13-18,22-23,39H2,1H3,(H,42,44). The van der Waals surface area contributed by atoms with Crippen molar-refractivity contribution in [1.29, 1.82) is 0 Å². The van der Waals surface area contributed by atoms with Crippen molar-refractivity contribution in [3.63, 3.8) is 0 Å². The molecule has 0 unspecified atom stereocenters. The first-order valence-electron chi connectivity index (χ1n) is 16.6. The van der Waals surface area contributed by atoms with Crippen LogP contribution in [0, 0.1) is 6.92 Å². The minimum absolute atomic E-state index is 0.211. The third-order valence-corrected chi connectivity index (χ3v) is 10.2. The molecule has 48 heavy (non-hydrogen) atoms. The molecule has 5 N–H and O–H groups in total. The lowest BCUT2D eigenvalue weighted by Gasteiger charge is -2.31. The summed E-state index contributed by atoms with van der Waals surface area (Å²) in [6.45, 7) is 6.99. The second kappa shape index (κ2) is 14.6. The number of aromatic nitrogens is 4. The maximum absolute atomic E-state index is 10.2. The summed E-state index contributed by atoms with van der Waals surface area (Å²) in [5.41, 5.74) is 17.0. The van der Waals surface area contributed by atoms with Crippen LogP contribution in [0.2, 0.25) is 0 Å². The fourth-order valence-electron chi connectivity index (χ4n) is 6.47. The Morgan fingerprint density at radius 3 is 2.62 bits per heavy atom. The van der Waals surface area contributed by atoms with Gasteiger partial charge in [-0.15, -0.1) is 21.5 Å². The van der Waals surface area contributed by atoms with Gasteiger partial charge >= 0.3 is 0 Å². The van der Waals surface area contributed by atoms with Gasteiger partial charge in [-0.3, -0.25) is 4.90 Å². The van der Waals surface area contributed by atoms with E-state index >= 15 is 0 Å². The number of aromatic hydroxyl groups is 1. The molecule has 3 aromatic carbocycles. The highest BCUT2D eigenvalue weighted by atomic mass is 32.1. The molecule has 0 amide bonds. The highest BCUT2D eigenvalue weighted by Crippen LogP contribution is 2.33. The Kier molecular flexibility index (Phi) is 9.65. The van der Waals surface area contributed by atoms with E-state index in [0.717, 1.165) is 79.2 Å². The number of anilines is 1. The van der Waals surface area contributed by atoms with Gasteiger partial charge in [0, 0.05) is 47.9 Å². The van der Waals surface area contributed by atoms with Crippen LogP contribution in [0.1, 0.15) is 47.7 Å². The normalized spacial score (nSPS) is 14.0. The molecule has 1 aliphatic heterocycles. The Hall–Kier alpha value is -4.77. The van der Waals surface area contributed by atoms with Gasteiger partial charge in [-0.1, -0.05) is 36.4 Å². The van der Waals surface area contributed by atoms with Crippen LogP contribution in [0.3, 0.4) is 0 Å². The zero-order valence-corrected chi connectivity index (χ0v) is 28.0. The number of aromatic amines is 1. The lowest BCUT2D eigenvalue weighted by atomic mass is 9.93. The third kappa shape index (κ3) is 7.21. The summed E-state index contributed by atoms with van der Waals surface area (Å²) in [6.07, 6.45) is 3.05. The van der Waals surface area contributed by atoms with Crippen molar-refractivity contribution < 1.29 is 9.84 Å². The summed E-state index contributed by atoms with van der Waals surface area (Å²) < 4.78 is 6.06. The van der Waals surface area contributed by atoms with E-state index in [1.54, 1.807) is 17.4 Å². The monoisotopic (exact) mass is 659 g/mol. The van der Waals surface area contributed by atoms with Crippen LogP contribution in [0.5, 0.6) is 11.5 Å². The molecular weight excluding hydrogens is 619 g/mol. The summed E-state index contributed by atoms with van der Waals surface area (Å²) in [4.78, 5) is 11.6. The molecule has 7 rings (SSSR count). The van der Waals surface area contributed by atoms with Crippen molar-refractivity contribution in [3.05, 3.63) is 107 Å². The molecule has 246 valence electrons. The Labute approximate surface area is 284 Å². The van der Waals surface area contributed by atoms with Gasteiger partial charge in [0.05, 0.1) is 28.4 Å². The zero-order chi connectivity index (χ0) is 32.9. The van der Waals surface area contributed by atoms with E-state index in [2.05, 4.69) is 78.9 Å². The van der Waals surface area contributed by atoms with Crippen LogP contribution in [-0.2, 0) is 13.1 Å². The van der Waals surface area contributed by atoms with Crippen molar-refractivity contribution in [2.24, 2.45) is 5.73 Å². The average molecular weight is 660 g/mol. The second-order valence-electron chi connectivity index (χ2n) is 12.4. The molecule has 0 saturated carbocycles. The first kappa shape index (κ1) is 31.8. The zero-order valence-electron chi connectivity index (χ0n) is 27.2. The number of piperidine rings is 1. The van der Waals surface area contributed by atoms with E-state index in [4.69, 9.17) is 10.5 Å². The number of aryl methyl sites for hydroxylation is 1. The fourth-order valence-corrected chi connectivity index (χ4v) is 7.27. The molecule has 0 spiro atoms. The van der Waals surface area contributed by atoms with Crippen LogP contribution in [0.15, 0.2) is 84.4 Å². The van der Waals surface area contributed by atoms with Crippen molar-refractivity contribution in [1.82, 2.24) is 25.1 Å². The van der Waals surface area contributed by atoms with E-state index in [9.17, 15) is 5.11 Å². The van der Waals surface area contributed by atoms with E-state index in [1.165, 1.54) is 21.7 Å². The maximum Gasteiger partial charge on any atom is 0.160 e. The predicted octanol–water partition coefficient (Wildman–Crippen LogP) is 7.48. The Morgan fingerprint density at radius 1 is 1.02 bits per heavy atom. The van der Waals surface area contributed by atoms with E-state index < -0.39 is 0 Å². The highest BCUT2D eigenvalue weighted by Gasteiger charge is 2.23. The SMILES string of the molecule is Cc1ncsc1-c1ccc(CN)c(NCCCOc2ccc(CN3CCC(c4cc5cc(-c6ccccc6O)nnc5[nH]4)CC3)cc2)c1. The molecule has 0 aliphatic carbocycles. The first-order chi connectivity index (χ1) is 23.5. The molecule has 0 atom stereocenters. The third-order valence-electron chi connectivity index (χ3n) is 9.18. The minimum atomic E-state index is 0.211. The van der Waals surface area contributed by atoms with Gasteiger partial charge in [-0.05, 0) is 98.4 Å². The van der Waals surface area contributed by atoms with E-state index in [-0.39, 0.29) is 5.75 Å². The number of nitrogens with zero attached hydrogens (tertiary/aromatic N) is 4. The topological polar surface area (TPSA) is 125 Å². The van der Waals surface area contributed by atoms with Gasteiger partial charge in [-0.25, -0.2) is 4.98 Å². The molecular formula is C38H41N7O2S. The number of para-hydroxylation sites is 1. The van der Waals surface area contributed by atoms with Crippen molar-refractivity contribution in [3.8, 4) is 33.2 Å². The number of rotatable bonds is 12. The molecule has 9 nitrogen and oxygen atoms in total. The van der Waals surface area contributed by atoms with Crippen molar-refractivity contribution in [2.45, 2.75) is 45.2 Å². The number of nitrogens with one attached hydrogen (secondary N) is 2. The lowest BCUT2D eigenvalue weighted by molar-refractivity contribution is 0.203. The van der Waals surface area contributed by atoms with Gasteiger partial charge in [0.25, 0.3) is 0 Å². The number of H-pyrrole nitrogens is 1. The first-order valence-corrected chi connectivity index (χ1v) is 17.5. The van der Waals surface area contributed by atoms with Gasteiger partial charge < -0.3 is 25.9 Å². The van der Waals surface area contributed by atoms with Crippen LogP contribution in [0.25, 0.3) is 32.7 Å². The second-order valence-corrected chi connectivity index (χ2v) is 13.3. The van der Waals surface area contributed by atoms with Crippen LogP contribution in [0.4, 0.5) is 5.69 Å². The lowest BCUT2D eigenvalue weighted by Crippen LogP contribution is -2.32. The van der Waals surface area contributed by atoms with Gasteiger partial charge in [0.1, 0.15) is 11.5 Å². The smallest absolute Gasteiger partial charge is 0.160 e. The molecule has 6 aromatic rings. The summed E-state index contributed by atoms with van der Waals surface area (Å²) in [5, 5.41) is 23.6. The number of nitrogens with two attached hydrogens (primary N) is 1. The van der Waals surface area contributed by atoms with Crippen molar-refractivity contribution in [2.75, 3.05) is 31.6 Å². The number of likely N-dealkylation sites (tertiary alicyclic amines) is 1. The number of fused-ring (bicyclic) bond motifs is 1. The number of thiazole rings is 1.